The molecule has 1 fully saturated rings. The molecule has 9 heteroatoms. The summed E-state index contributed by atoms with van der Waals surface area (Å²) in [4.78, 5) is 13.0. The third-order valence-electron chi connectivity index (χ3n) is 5.91. The van der Waals surface area contributed by atoms with Crippen molar-refractivity contribution in [3.63, 3.8) is 0 Å². The molecule has 166 valence electrons. The van der Waals surface area contributed by atoms with Gasteiger partial charge < -0.3 is 15.2 Å². The van der Waals surface area contributed by atoms with Crippen molar-refractivity contribution in [2.24, 2.45) is 0 Å². The molecule has 3 aromatic rings. The number of hydrogen-bond donors (Lipinski definition) is 2. The van der Waals surface area contributed by atoms with E-state index < -0.39 is 17.4 Å². The lowest BCUT2D eigenvalue weighted by Crippen LogP contribution is -2.28. The number of anilines is 1. The van der Waals surface area contributed by atoms with Crippen molar-refractivity contribution < 1.29 is 18.6 Å². The van der Waals surface area contributed by atoms with Crippen LogP contribution in [0.3, 0.4) is 0 Å². The number of nitrogens with one attached hydrogen (secondary N) is 1. The molecule has 2 N–H and O–H groups in total. The molecule has 0 bridgehead atoms. The highest BCUT2D eigenvalue weighted by Crippen LogP contribution is 2.51. The number of alkyl halides is 2. The summed E-state index contributed by atoms with van der Waals surface area (Å²) in [6.45, 7) is 2.89. The van der Waals surface area contributed by atoms with Gasteiger partial charge in [0.25, 0.3) is 5.92 Å². The van der Waals surface area contributed by atoms with Gasteiger partial charge in [-0.2, -0.15) is 19.0 Å². The molecule has 1 aliphatic rings. The molecule has 0 radical (unpaired) electrons. The van der Waals surface area contributed by atoms with Gasteiger partial charge in [-0.15, -0.1) is 0 Å². The minimum atomic E-state index is -3.36. The van der Waals surface area contributed by atoms with Gasteiger partial charge in [-0.25, -0.2) is 9.97 Å². The van der Waals surface area contributed by atoms with Crippen LogP contribution in [0.2, 0.25) is 0 Å². The first kappa shape index (κ1) is 21.8. The Bertz CT molecular complexity index is 1200. The number of aliphatic hydroxyl groups is 1. The van der Waals surface area contributed by atoms with Crippen molar-refractivity contribution >= 4 is 16.9 Å². The van der Waals surface area contributed by atoms with Crippen molar-refractivity contribution in [1.82, 2.24) is 15.0 Å². The van der Waals surface area contributed by atoms with Gasteiger partial charge in [0.15, 0.2) is 5.65 Å². The molecule has 0 aliphatic heterocycles. The lowest BCUT2D eigenvalue weighted by molar-refractivity contribution is -0.106. The van der Waals surface area contributed by atoms with Crippen molar-refractivity contribution in [3.8, 4) is 11.9 Å². The Kier molecular flexibility index (Phi) is 5.42. The zero-order valence-corrected chi connectivity index (χ0v) is 17.9. The maximum Gasteiger partial charge on any atom is 0.298 e. The quantitative estimate of drug-likeness (QED) is 0.568. The third kappa shape index (κ3) is 3.71. The van der Waals surface area contributed by atoms with Crippen LogP contribution in [0.5, 0.6) is 5.88 Å². The van der Waals surface area contributed by atoms with Gasteiger partial charge in [0.1, 0.15) is 18.2 Å². The molecule has 1 aliphatic carbocycles. The molecular weight excluding hydrogens is 416 g/mol. The number of benzene rings is 1. The molecule has 0 unspecified atom stereocenters. The smallest absolute Gasteiger partial charge is 0.298 e. The van der Waals surface area contributed by atoms with Gasteiger partial charge in [0, 0.05) is 17.2 Å². The summed E-state index contributed by atoms with van der Waals surface area (Å²) in [7, 11) is 1.50. The van der Waals surface area contributed by atoms with Crippen LogP contribution in [-0.4, -0.2) is 33.3 Å². The number of halogens is 2. The van der Waals surface area contributed by atoms with Crippen molar-refractivity contribution in [2.75, 3.05) is 12.4 Å². The summed E-state index contributed by atoms with van der Waals surface area (Å²) >= 11 is 0. The van der Waals surface area contributed by atoms with E-state index in [9.17, 15) is 19.1 Å². The molecule has 1 saturated carbocycles. The van der Waals surface area contributed by atoms with Gasteiger partial charge >= 0.3 is 0 Å². The van der Waals surface area contributed by atoms with Gasteiger partial charge in [-0.1, -0.05) is 18.2 Å². The summed E-state index contributed by atoms with van der Waals surface area (Å²) in [5, 5.41) is 22.9. The number of aromatic nitrogens is 3. The number of methoxy groups -OCH3 is 1. The fraction of sp³-hybridized carbons (Fsp3) is 0.391. The van der Waals surface area contributed by atoms with E-state index in [-0.39, 0.29) is 11.6 Å². The Hall–Kier alpha value is -3.38. The summed E-state index contributed by atoms with van der Waals surface area (Å²) in [5.74, 6) is -2.52. The molecule has 2 heterocycles. The van der Waals surface area contributed by atoms with Gasteiger partial charge in [-0.05, 0) is 44.4 Å². The Morgan fingerprint density at radius 2 is 2.00 bits per heavy atom. The van der Waals surface area contributed by atoms with Crippen LogP contribution < -0.4 is 10.1 Å². The average Bonchev–Trinajstić information content (AvgIpc) is 3.59. The van der Waals surface area contributed by atoms with E-state index in [1.165, 1.54) is 31.6 Å². The molecule has 1 aromatic carbocycles. The first-order valence-electron chi connectivity index (χ1n) is 10.3. The van der Waals surface area contributed by atoms with Crippen molar-refractivity contribution in [1.29, 1.82) is 5.26 Å². The number of rotatable bonds is 7. The van der Waals surface area contributed by atoms with Crippen LogP contribution in [0.4, 0.5) is 14.6 Å². The predicted molar refractivity (Wildman–Crippen MR) is 114 cm³/mol. The van der Waals surface area contributed by atoms with Gasteiger partial charge in [0.05, 0.1) is 24.0 Å². The lowest BCUT2D eigenvalue weighted by atomic mass is 9.97. The predicted octanol–water partition coefficient (Wildman–Crippen LogP) is 4.23. The number of hydrogen-bond acceptors (Lipinski definition) is 7. The molecule has 0 spiro atoms. The molecule has 0 amide bonds. The Balaban J connectivity index is 1.71. The largest absolute Gasteiger partial charge is 0.481 e. The van der Waals surface area contributed by atoms with E-state index >= 15 is 0 Å². The molecule has 0 saturated heterocycles. The van der Waals surface area contributed by atoms with Gasteiger partial charge in [0.2, 0.25) is 5.88 Å². The number of aliphatic hydroxyl groups excluding tert-OH is 1. The Morgan fingerprint density at radius 3 is 2.62 bits per heavy atom. The zero-order chi connectivity index (χ0) is 23.1. The van der Waals surface area contributed by atoms with Crippen LogP contribution in [0, 0.1) is 11.3 Å². The second-order valence-electron chi connectivity index (χ2n) is 8.12. The van der Waals surface area contributed by atoms with E-state index in [4.69, 9.17) is 4.74 Å². The van der Waals surface area contributed by atoms with Crippen LogP contribution in [0.1, 0.15) is 49.4 Å². The highest BCUT2D eigenvalue weighted by Gasteiger charge is 2.47. The second-order valence-corrected chi connectivity index (χ2v) is 8.12. The molecule has 32 heavy (non-hydrogen) atoms. The Labute approximate surface area is 184 Å². The average molecular weight is 439 g/mol. The fourth-order valence-corrected chi connectivity index (χ4v) is 3.70. The molecule has 4 rings (SSSR count). The van der Waals surface area contributed by atoms with E-state index in [0.717, 1.165) is 19.8 Å². The minimum Gasteiger partial charge on any atom is -0.481 e. The van der Waals surface area contributed by atoms with Crippen LogP contribution in [0.25, 0.3) is 11.0 Å². The van der Waals surface area contributed by atoms with Crippen LogP contribution >= 0.6 is 0 Å². The lowest BCUT2D eigenvalue weighted by Gasteiger charge is -2.22. The topological polar surface area (TPSA) is 104 Å². The first-order valence-corrected chi connectivity index (χ1v) is 10.3. The normalized spacial score (nSPS) is 16.8. The number of pyridine rings is 1. The number of ether oxygens (including phenoxy) is 1. The Morgan fingerprint density at radius 1 is 1.25 bits per heavy atom. The highest BCUT2D eigenvalue weighted by atomic mass is 19.3. The first-order chi connectivity index (χ1) is 15.2. The maximum absolute atomic E-state index is 14.3. The summed E-state index contributed by atoms with van der Waals surface area (Å²) < 4.78 is 34.0. The van der Waals surface area contributed by atoms with E-state index in [2.05, 4.69) is 26.3 Å². The van der Waals surface area contributed by atoms with Gasteiger partial charge in [-0.3, -0.25) is 0 Å². The third-order valence-corrected chi connectivity index (χ3v) is 5.91. The van der Waals surface area contributed by atoms with Crippen LogP contribution in [0.15, 0.2) is 36.7 Å². The van der Waals surface area contributed by atoms with E-state index in [1.807, 2.05) is 13.0 Å². The summed E-state index contributed by atoms with van der Waals surface area (Å²) in [5.41, 5.74) is 0.820. The van der Waals surface area contributed by atoms with E-state index in [1.54, 1.807) is 6.07 Å². The fourth-order valence-electron chi connectivity index (χ4n) is 3.70. The number of fused-ring (bicyclic) bond motifs is 1. The van der Waals surface area contributed by atoms with Crippen LogP contribution in [-0.2, 0) is 11.3 Å². The molecule has 2 atom stereocenters. The maximum atomic E-state index is 14.3. The SMILES string of the molecule is COc1nc2ncnc(N[C@H](C)c3cccc(C(F)(F)[C@@H](C)O)c3)c2cc1C1(C#N)CC1. The summed E-state index contributed by atoms with van der Waals surface area (Å²) in [6, 6.07) is 9.72. The van der Waals surface area contributed by atoms with E-state index in [0.29, 0.717) is 33.9 Å². The second kappa shape index (κ2) is 7.95. The molecule has 2 aromatic heterocycles. The van der Waals surface area contributed by atoms with Crippen molar-refractivity contribution in [2.45, 2.75) is 50.2 Å². The van der Waals surface area contributed by atoms with Crippen molar-refractivity contribution in [3.05, 3.63) is 53.3 Å². The monoisotopic (exact) mass is 439 g/mol. The highest BCUT2D eigenvalue weighted by molar-refractivity contribution is 5.88. The molecule has 7 nitrogen and oxygen atoms in total. The minimum absolute atomic E-state index is 0.260. The summed E-state index contributed by atoms with van der Waals surface area (Å²) in [6.07, 6.45) is 1.01. The molecular formula is C23H23F2N5O2. The standard InChI is InChI=1S/C23H23F2N5O2/c1-13(15-5-4-6-16(9-15)23(24,25)14(2)31)29-19-17-10-18(22(11-26)7-8-22)21(32-3)30-20(17)28-12-27-19/h4-6,9-10,12-14,31H,7-8H2,1-3H3,(H,27,28,29,30)/t13-,14-/m1/s1. The number of nitrogens with zero attached hydrogens (tertiary/aromatic N) is 4. The number of nitriles is 1. The zero-order valence-electron chi connectivity index (χ0n) is 17.9.